The van der Waals surface area contributed by atoms with Crippen LogP contribution in [0.5, 0.6) is 5.75 Å². The van der Waals surface area contributed by atoms with E-state index in [9.17, 15) is 19.8 Å². The number of amides is 1. The van der Waals surface area contributed by atoms with Gasteiger partial charge in [-0.3, -0.25) is 9.59 Å². The number of ketones is 1. The first kappa shape index (κ1) is 17.7. The second-order valence-corrected chi connectivity index (χ2v) is 6.30. The quantitative estimate of drug-likeness (QED) is 0.490. The molecule has 5 heteroatoms. The SMILES string of the molecule is CCCCN1C(=O)C(=O)/C(=C(\O)c2ccccc2)C1c1ccc(O)cc1. The van der Waals surface area contributed by atoms with Crippen LogP contribution in [0.1, 0.15) is 36.9 Å². The number of carbonyl (C=O) groups excluding carboxylic acids is 2. The molecule has 2 N–H and O–H groups in total. The van der Waals surface area contributed by atoms with E-state index >= 15 is 0 Å². The molecule has 134 valence electrons. The second kappa shape index (κ2) is 7.44. The fraction of sp³-hybridized carbons (Fsp3) is 0.238. The van der Waals surface area contributed by atoms with E-state index in [1.165, 1.54) is 17.0 Å². The minimum absolute atomic E-state index is 0.0861. The van der Waals surface area contributed by atoms with Crippen molar-refractivity contribution in [3.8, 4) is 5.75 Å². The van der Waals surface area contributed by atoms with Crippen molar-refractivity contribution in [3.63, 3.8) is 0 Å². The maximum Gasteiger partial charge on any atom is 0.295 e. The highest BCUT2D eigenvalue weighted by atomic mass is 16.3. The number of rotatable bonds is 5. The Hall–Kier alpha value is -3.08. The molecule has 2 aromatic rings. The number of carbonyl (C=O) groups is 2. The predicted octanol–water partition coefficient (Wildman–Crippen LogP) is 3.61. The molecule has 1 fully saturated rings. The van der Waals surface area contributed by atoms with Gasteiger partial charge in [0.15, 0.2) is 0 Å². The topological polar surface area (TPSA) is 77.8 Å². The van der Waals surface area contributed by atoms with Gasteiger partial charge in [-0.25, -0.2) is 0 Å². The van der Waals surface area contributed by atoms with Gasteiger partial charge in [0.2, 0.25) is 0 Å². The van der Waals surface area contributed by atoms with Crippen molar-refractivity contribution in [1.29, 1.82) is 0 Å². The fourth-order valence-electron chi connectivity index (χ4n) is 3.19. The molecule has 2 aromatic carbocycles. The first-order valence-electron chi connectivity index (χ1n) is 8.67. The highest BCUT2D eigenvalue weighted by Crippen LogP contribution is 2.39. The average molecular weight is 351 g/mol. The van der Waals surface area contributed by atoms with Crippen molar-refractivity contribution in [2.75, 3.05) is 6.54 Å². The summed E-state index contributed by atoms with van der Waals surface area (Å²) in [6, 6.07) is 14.4. The van der Waals surface area contributed by atoms with E-state index in [-0.39, 0.29) is 17.1 Å². The van der Waals surface area contributed by atoms with Gasteiger partial charge in [0.25, 0.3) is 11.7 Å². The average Bonchev–Trinajstić information content (AvgIpc) is 2.91. The minimum atomic E-state index is -0.680. The lowest BCUT2D eigenvalue weighted by atomic mass is 9.95. The number of phenols is 1. The number of benzene rings is 2. The number of likely N-dealkylation sites (tertiary alicyclic amines) is 1. The number of phenolic OH excluding ortho intramolecular Hbond substituents is 1. The third-order valence-electron chi connectivity index (χ3n) is 4.55. The van der Waals surface area contributed by atoms with Gasteiger partial charge in [-0.05, 0) is 24.1 Å². The van der Waals surface area contributed by atoms with Crippen LogP contribution >= 0.6 is 0 Å². The van der Waals surface area contributed by atoms with E-state index in [0.717, 1.165) is 12.8 Å². The van der Waals surface area contributed by atoms with Crippen molar-refractivity contribution in [2.45, 2.75) is 25.8 Å². The maximum absolute atomic E-state index is 12.7. The molecular formula is C21H21NO4. The molecule has 0 bridgehead atoms. The van der Waals surface area contributed by atoms with Gasteiger partial charge in [0, 0.05) is 12.1 Å². The zero-order valence-electron chi connectivity index (χ0n) is 14.6. The van der Waals surface area contributed by atoms with Crippen LogP contribution in [0.15, 0.2) is 60.2 Å². The number of aliphatic hydroxyl groups excluding tert-OH is 1. The van der Waals surface area contributed by atoms with E-state index in [4.69, 9.17) is 0 Å². The van der Waals surface area contributed by atoms with E-state index in [2.05, 4.69) is 0 Å². The maximum atomic E-state index is 12.7. The van der Waals surface area contributed by atoms with Crippen molar-refractivity contribution in [2.24, 2.45) is 0 Å². The smallest absolute Gasteiger partial charge is 0.295 e. The third-order valence-corrected chi connectivity index (χ3v) is 4.55. The summed E-state index contributed by atoms with van der Waals surface area (Å²) in [5.74, 6) is -1.36. The molecule has 26 heavy (non-hydrogen) atoms. The van der Waals surface area contributed by atoms with Crippen molar-refractivity contribution in [1.82, 2.24) is 4.90 Å². The highest BCUT2D eigenvalue weighted by Gasteiger charge is 2.45. The molecule has 0 radical (unpaired) electrons. The first-order chi connectivity index (χ1) is 12.5. The normalized spacial score (nSPS) is 19.1. The van der Waals surface area contributed by atoms with Crippen LogP contribution in [0, 0.1) is 0 Å². The summed E-state index contributed by atoms with van der Waals surface area (Å²) in [7, 11) is 0. The summed E-state index contributed by atoms with van der Waals surface area (Å²) < 4.78 is 0. The summed E-state index contributed by atoms with van der Waals surface area (Å²) in [5.41, 5.74) is 1.25. The van der Waals surface area contributed by atoms with Crippen LogP contribution in [0.3, 0.4) is 0 Å². The van der Waals surface area contributed by atoms with Crippen LogP contribution in [0.2, 0.25) is 0 Å². The van der Waals surface area contributed by atoms with Crippen molar-refractivity contribution in [3.05, 3.63) is 71.3 Å². The zero-order valence-corrected chi connectivity index (χ0v) is 14.6. The lowest BCUT2D eigenvalue weighted by Crippen LogP contribution is -2.30. The van der Waals surface area contributed by atoms with Gasteiger partial charge in [0.05, 0.1) is 11.6 Å². The number of aromatic hydroxyl groups is 1. The molecule has 1 saturated heterocycles. The lowest BCUT2D eigenvalue weighted by molar-refractivity contribution is -0.139. The summed E-state index contributed by atoms with van der Waals surface area (Å²) in [5, 5.41) is 20.3. The molecule has 0 spiro atoms. The largest absolute Gasteiger partial charge is 0.508 e. The molecule has 1 heterocycles. The number of Topliss-reactive ketones (excluding diaryl/α,β-unsaturated/α-hetero) is 1. The predicted molar refractivity (Wildman–Crippen MR) is 98.5 cm³/mol. The molecule has 1 aliphatic rings. The van der Waals surface area contributed by atoms with Gasteiger partial charge in [-0.15, -0.1) is 0 Å². The van der Waals surface area contributed by atoms with Gasteiger partial charge in [0.1, 0.15) is 11.5 Å². The molecule has 3 rings (SSSR count). The van der Waals surface area contributed by atoms with E-state index < -0.39 is 17.7 Å². The van der Waals surface area contributed by atoms with Gasteiger partial charge in [-0.2, -0.15) is 0 Å². The molecule has 1 aliphatic heterocycles. The van der Waals surface area contributed by atoms with Gasteiger partial charge >= 0.3 is 0 Å². The summed E-state index contributed by atoms with van der Waals surface area (Å²) in [6.45, 7) is 2.44. The summed E-state index contributed by atoms with van der Waals surface area (Å²) in [6.07, 6.45) is 1.64. The lowest BCUT2D eigenvalue weighted by Gasteiger charge is -2.25. The van der Waals surface area contributed by atoms with Crippen LogP contribution in [-0.2, 0) is 9.59 Å². The van der Waals surface area contributed by atoms with Crippen molar-refractivity contribution >= 4 is 17.4 Å². The zero-order chi connectivity index (χ0) is 18.7. The molecule has 1 atom stereocenters. The molecule has 0 aromatic heterocycles. The Morgan fingerprint density at radius 2 is 1.69 bits per heavy atom. The van der Waals surface area contributed by atoms with Crippen LogP contribution in [0.25, 0.3) is 5.76 Å². The summed E-state index contributed by atoms with van der Waals surface area (Å²) >= 11 is 0. The van der Waals surface area contributed by atoms with Gasteiger partial charge in [-0.1, -0.05) is 55.8 Å². The second-order valence-electron chi connectivity index (χ2n) is 6.30. The minimum Gasteiger partial charge on any atom is -0.508 e. The Balaban J connectivity index is 2.15. The molecule has 1 amide bonds. The Labute approximate surface area is 152 Å². The molecule has 1 unspecified atom stereocenters. The molecular weight excluding hydrogens is 330 g/mol. The first-order valence-corrected chi connectivity index (χ1v) is 8.67. The number of aliphatic hydroxyl groups is 1. The summed E-state index contributed by atoms with van der Waals surface area (Å²) in [4.78, 5) is 26.8. The molecule has 0 saturated carbocycles. The number of hydrogen-bond donors (Lipinski definition) is 2. The standard InChI is InChI=1S/C21H21NO4/c1-2-3-13-22-18(14-9-11-16(23)12-10-14)17(20(25)21(22)26)19(24)15-7-5-4-6-8-15/h4-12,18,23-24H,2-3,13H2,1H3/b19-17-. The van der Waals surface area contributed by atoms with Crippen LogP contribution in [0.4, 0.5) is 0 Å². The van der Waals surface area contributed by atoms with E-state index in [1.807, 2.05) is 13.0 Å². The van der Waals surface area contributed by atoms with E-state index in [0.29, 0.717) is 17.7 Å². The Kier molecular flexibility index (Phi) is 5.07. The highest BCUT2D eigenvalue weighted by molar-refractivity contribution is 6.46. The Bertz CT molecular complexity index is 840. The van der Waals surface area contributed by atoms with Crippen LogP contribution in [-0.4, -0.2) is 33.3 Å². The van der Waals surface area contributed by atoms with Crippen molar-refractivity contribution < 1.29 is 19.8 Å². The fourth-order valence-corrected chi connectivity index (χ4v) is 3.19. The monoisotopic (exact) mass is 351 g/mol. The van der Waals surface area contributed by atoms with Crippen LogP contribution < -0.4 is 0 Å². The number of nitrogens with zero attached hydrogens (tertiary/aromatic N) is 1. The Morgan fingerprint density at radius 3 is 2.31 bits per heavy atom. The molecule has 5 nitrogen and oxygen atoms in total. The third kappa shape index (κ3) is 3.20. The molecule has 0 aliphatic carbocycles. The number of hydrogen-bond acceptors (Lipinski definition) is 4. The number of unbranched alkanes of at least 4 members (excludes halogenated alkanes) is 1. The van der Waals surface area contributed by atoms with Gasteiger partial charge < -0.3 is 15.1 Å². The Morgan fingerprint density at radius 1 is 1.04 bits per heavy atom. The van der Waals surface area contributed by atoms with E-state index in [1.54, 1.807) is 36.4 Å².